The summed E-state index contributed by atoms with van der Waals surface area (Å²) in [7, 11) is 0. The van der Waals surface area contributed by atoms with E-state index in [9.17, 15) is 14.4 Å². The van der Waals surface area contributed by atoms with Crippen LogP contribution in [-0.4, -0.2) is 34.7 Å². The van der Waals surface area contributed by atoms with Gasteiger partial charge in [0, 0.05) is 5.54 Å². The Balaban J connectivity index is 2.20. The van der Waals surface area contributed by atoms with E-state index in [-0.39, 0.29) is 27.7 Å². The predicted molar refractivity (Wildman–Crippen MR) is 84.3 cm³/mol. The third-order valence-electron chi connectivity index (χ3n) is 3.67. The van der Waals surface area contributed by atoms with Crippen molar-refractivity contribution in [2.24, 2.45) is 0 Å². The number of nitrogens with zero attached hydrogens (tertiary/aromatic N) is 1. The number of imide groups is 1. The standard InChI is InChI=1S/C15H16Cl2N2O3/c1-4-15(2,3)18-12(20)7-19-13(21)8-5-10(16)11(17)6-9(8)14(19)22/h5-6H,4,7H2,1-3H3,(H,18,20). The van der Waals surface area contributed by atoms with Crippen LogP contribution in [0.5, 0.6) is 0 Å². The number of benzene rings is 1. The van der Waals surface area contributed by atoms with Gasteiger partial charge in [-0.25, -0.2) is 0 Å². The van der Waals surface area contributed by atoms with Crippen LogP contribution in [-0.2, 0) is 4.79 Å². The normalized spacial score (nSPS) is 14.3. The van der Waals surface area contributed by atoms with E-state index in [4.69, 9.17) is 23.2 Å². The van der Waals surface area contributed by atoms with E-state index in [2.05, 4.69) is 5.32 Å². The van der Waals surface area contributed by atoms with Gasteiger partial charge in [0.15, 0.2) is 0 Å². The minimum Gasteiger partial charge on any atom is -0.350 e. The van der Waals surface area contributed by atoms with E-state index >= 15 is 0 Å². The van der Waals surface area contributed by atoms with Gasteiger partial charge in [-0.2, -0.15) is 0 Å². The number of nitrogens with one attached hydrogen (secondary N) is 1. The lowest BCUT2D eigenvalue weighted by Crippen LogP contribution is -2.48. The summed E-state index contributed by atoms with van der Waals surface area (Å²) in [6.07, 6.45) is 0.728. The third-order valence-corrected chi connectivity index (χ3v) is 4.40. The monoisotopic (exact) mass is 342 g/mol. The molecule has 0 spiro atoms. The average molecular weight is 343 g/mol. The molecule has 0 radical (unpaired) electrons. The number of carbonyl (C=O) groups is 3. The molecule has 1 N–H and O–H groups in total. The van der Waals surface area contributed by atoms with Crippen molar-refractivity contribution >= 4 is 40.9 Å². The van der Waals surface area contributed by atoms with E-state index in [1.54, 1.807) is 0 Å². The first kappa shape index (κ1) is 16.8. The third kappa shape index (κ3) is 3.10. The van der Waals surface area contributed by atoms with Crippen molar-refractivity contribution in [3.05, 3.63) is 33.3 Å². The van der Waals surface area contributed by atoms with Crippen LogP contribution in [0.1, 0.15) is 47.9 Å². The number of fused-ring (bicyclic) bond motifs is 1. The molecule has 0 bridgehead atoms. The maximum atomic E-state index is 12.3. The molecule has 0 aliphatic carbocycles. The van der Waals surface area contributed by atoms with Gasteiger partial charge in [-0.15, -0.1) is 0 Å². The fourth-order valence-corrected chi connectivity index (χ4v) is 2.40. The molecule has 1 aliphatic heterocycles. The molecule has 7 heteroatoms. The van der Waals surface area contributed by atoms with Crippen molar-refractivity contribution in [2.45, 2.75) is 32.7 Å². The van der Waals surface area contributed by atoms with Crippen molar-refractivity contribution in [1.82, 2.24) is 10.2 Å². The number of hydrogen-bond acceptors (Lipinski definition) is 3. The zero-order chi connectivity index (χ0) is 16.7. The van der Waals surface area contributed by atoms with Gasteiger partial charge in [0.25, 0.3) is 11.8 Å². The largest absolute Gasteiger partial charge is 0.350 e. The van der Waals surface area contributed by atoms with Crippen molar-refractivity contribution in [3.63, 3.8) is 0 Å². The maximum Gasteiger partial charge on any atom is 0.262 e. The van der Waals surface area contributed by atoms with Crippen LogP contribution in [0.15, 0.2) is 12.1 Å². The van der Waals surface area contributed by atoms with Gasteiger partial charge >= 0.3 is 0 Å². The Labute approximate surface area is 138 Å². The average Bonchev–Trinajstić information content (AvgIpc) is 2.64. The Morgan fingerprint density at radius 2 is 1.59 bits per heavy atom. The topological polar surface area (TPSA) is 66.5 Å². The summed E-state index contributed by atoms with van der Waals surface area (Å²) >= 11 is 11.7. The molecule has 1 aromatic rings. The Hall–Kier alpha value is -1.59. The second kappa shape index (κ2) is 5.89. The molecule has 118 valence electrons. The lowest BCUT2D eigenvalue weighted by Gasteiger charge is -2.25. The van der Waals surface area contributed by atoms with E-state index in [1.807, 2.05) is 20.8 Å². The summed E-state index contributed by atoms with van der Waals surface area (Å²) in [5.41, 5.74) is -0.0635. The first-order valence-electron chi connectivity index (χ1n) is 6.82. The van der Waals surface area contributed by atoms with Crippen LogP contribution in [0.2, 0.25) is 10.0 Å². The summed E-state index contributed by atoms with van der Waals surface area (Å²) in [6.45, 7) is 5.34. The number of rotatable bonds is 4. The smallest absolute Gasteiger partial charge is 0.262 e. The van der Waals surface area contributed by atoms with E-state index in [0.717, 1.165) is 11.3 Å². The molecular weight excluding hydrogens is 327 g/mol. The molecule has 3 amide bonds. The Kier molecular flexibility index (Phi) is 4.49. The van der Waals surface area contributed by atoms with Crippen molar-refractivity contribution in [1.29, 1.82) is 0 Å². The van der Waals surface area contributed by atoms with Crippen LogP contribution in [0.25, 0.3) is 0 Å². The molecule has 0 aromatic heterocycles. The summed E-state index contributed by atoms with van der Waals surface area (Å²) in [4.78, 5) is 37.5. The molecule has 22 heavy (non-hydrogen) atoms. The molecule has 0 fully saturated rings. The van der Waals surface area contributed by atoms with Gasteiger partial charge in [-0.05, 0) is 32.4 Å². The summed E-state index contributed by atoms with van der Waals surface area (Å²) in [5.74, 6) is -1.47. The summed E-state index contributed by atoms with van der Waals surface area (Å²) in [6, 6.07) is 2.71. The molecule has 1 heterocycles. The number of hydrogen-bond donors (Lipinski definition) is 1. The number of carbonyl (C=O) groups excluding carboxylic acids is 3. The SMILES string of the molecule is CCC(C)(C)NC(=O)CN1C(=O)c2cc(Cl)c(Cl)cc2C1=O. The molecule has 0 saturated heterocycles. The molecule has 1 aliphatic rings. The first-order chi connectivity index (χ1) is 10.2. The Morgan fingerprint density at radius 1 is 1.14 bits per heavy atom. The highest BCUT2D eigenvalue weighted by Gasteiger charge is 2.37. The highest BCUT2D eigenvalue weighted by molar-refractivity contribution is 6.43. The lowest BCUT2D eigenvalue weighted by molar-refractivity contribution is -0.123. The van der Waals surface area contributed by atoms with Gasteiger partial charge < -0.3 is 5.32 Å². The maximum absolute atomic E-state index is 12.3. The summed E-state index contributed by atoms with van der Waals surface area (Å²) < 4.78 is 0. The quantitative estimate of drug-likeness (QED) is 0.855. The van der Waals surface area contributed by atoms with Gasteiger partial charge in [0.2, 0.25) is 5.91 Å². The molecule has 0 unspecified atom stereocenters. The van der Waals surface area contributed by atoms with Crippen LogP contribution in [0.3, 0.4) is 0 Å². The molecule has 1 aromatic carbocycles. The fourth-order valence-electron chi connectivity index (χ4n) is 2.08. The zero-order valence-electron chi connectivity index (χ0n) is 12.5. The van der Waals surface area contributed by atoms with Crippen molar-refractivity contribution < 1.29 is 14.4 Å². The Morgan fingerprint density at radius 3 is 2.00 bits per heavy atom. The molecule has 0 saturated carbocycles. The van der Waals surface area contributed by atoms with E-state index in [0.29, 0.717) is 0 Å². The van der Waals surface area contributed by atoms with Crippen LogP contribution in [0, 0.1) is 0 Å². The van der Waals surface area contributed by atoms with E-state index < -0.39 is 23.3 Å². The number of halogens is 2. The van der Waals surface area contributed by atoms with Crippen LogP contribution < -0.4 is 5.32 Å². The lowest BCUT2D eigenvalue weighted by atomic mass is 10.0. The predicted octanol–water partition coefficient (Wildman–Crippen LogP) is 2.89. The molecule has 0 atom stereocenters. The fraction of sp³-hybridized carbons (Fsp3) is 0.400. The van der Waals surface area contributed by atoms with Gasteiger partial charge in [-0.1, -0.05) is 30.1 Å². The van der Waals surface area contributed by atoms with Gasteiger partial charge in [0.1, 0.15) is 6.54 Å². The van der Waals surface area contributed by atoms with Crippen LogP contribution in [0.4, 0.5) is 0 Å². The molecular formula is C15H16Cl2N2O3. The zero-order valence-corrected chi connectivity index (χ0v) is 14.0. The van der Waals surface area contributed by atoms with Gasteiger partial charge in [-0.3, -0.25) is 19.3 Å². The van der Waals surface area contributed by atoms with Crippen molar-refractivity contribution in [3.8, 4) is 0 Å². The molecule has 5 nitrogen and oxygen atoms in total. The van der Waals surface area contributed by atoms with Crippen molar-refractivity contribution in [2.75, 3.05) is 6.54 Å². The first-order valence-corrected chi connectivity index (χ1v) is 7.58. The minimum atomic E-state index is -0.539. The number of amides is 3. The highest BCUT2D eigenvalue weighted by Crippen LogP contribution is 2.31. The minimum absolute atomic E-state index is 0.168. The summed E-state index contributed by atoms with van der Waals surface area (Å²) in [5, 5.41) is 3.18. The second-order valence-corrected chi connectivity index (χ2v) is 6.61. The Bertz CT molecular complexity index is 630. The second-order valence-electron chi connectivity index (χ2n) is 5.79. The van der Waals surface area contributed by atoms with Gasteiger partial charge in [0.05, 0.1) is 21.2 Å². The van der Waals surface area contributed by atoms with E-state index in [1.165, 1.54) is 12.1 Å². The molecule has 2 rings (SSSR count). The highest BCUT2D eigenvalue weighted by atomic mass is 35.5. The van der Waals surface area contributed by atoms with Crippen LogP contribution >= 0.6 is 23.2 Å².